The summed E-state index contributed by atoms with van der Waals surface area (Å²) in [6.45, 7) is 6.26. The van der Waals surface area contributed by atoms with Gasteiger partial charge in [-0.05, 0) is 54.7 Å². The zero-order valence-electron chi connectivity index (χ0n) is 11.0. The number of hydrogen-bond donors (Lipinski definition) is 2. The van der Waals surface area contributed by atoms with Crippen molar-refractivity contribution in [3.63, 3.8) is 0 Å². The first-order valence-electron chi connectivity index (χ1n) is 6.25. The summed E-state index contributed by atoms with van der Waals surface area (Å²) in [5, 5.41) is 7.20. The molecule has 0 spiro atoms. The minimum atomic E-state index is -3.13. The van der Waals surface area contributed by atoms with E-state index in [2.05, 4.69) is 10.0 Å². The van der Waals surface area contributed by atoms with E-state index in [4.69, 9.17) is 0 Å². The Hall–Kier alpha value is -0.430. The van der Waals surface area contributed by atoms with Gasteiger partial charge in [-0.15, -0.1) is 0 Å². The molecule has 1 aromatic rings. The molecule has 2 N–H and O–H groups in total. The smallest absolute Gasteiger partial charge is 0.211 e. The van der Waals surface area contributed by atoms with Crippen LogP contribution >= 0.6 is 11.3 Å². The van der Waals surface area contributed by atoms with Crippen molar-refractivity contribution in [2.24, 2.45) is 0 Å². The Morgan fingerprint density at radius 3 is 2.67 bits per heavy atom. The Morgan fingerprint density at radius 2 is 2.06 bits per heavy atom. The molecule has 0 amide bonds. The lowest BCUT2D eigenvalue weighted by atomic mass is 10.2. The van der Waals surface area contributed by atoms with Crippen molar-refractivity contribution in [1.82, 2.24) is 10.0 Å². The molecule has 0 aromatic carbocycles. The predicted octanol–water partition coefficient (Wildman–Crippen LogP) is 1.87. The van der Waals surface area contributed by atoms with E-state index in [0.29, 0.717) is 13.0 Å². The van der Waals surface area contributed by atoms with Crippen molar-refractivity contribution in [2.45, 2.75) is 33.2 Å². The monoisotopic (exact) mass is 290 g/mol. The molecule has 1 rings (SSSR count). The summed E-state index contributed by atoms with van der Waals surface area (Å²) in [4.78, 5) is 0. The first-order valence-corrected chi connectivity index (χ1v) is 8.84. The third kappa shape index (κ3) is 5.95. The minimum Gasteiger partial charge on any atom is -0.317 e. The third-order valence-corrected chi connectivity index (χ3v) is 5.03. The van der Waals surface area contributed by atoms with Gasteiger partial charge in [0.1, 0.15) is 0 Å². The molecule has 4 nitrogen and oxygen atoms in total. The summed E-state index contributed by atoms with van der Waals surface area (Å²) in [7, 11) is -3.13. The average molecular weight is 290 g/mol. The van der Waals surface area contributed by atoms with Crippen LogP contribution < -0.4 is 10.0 Å². The number of unbranched alkanes of at least 4 members (excludes halogenated alkanes) is 1. The number of rotatable bonds is 9. The molecule has 0 aliphatic rings. The van der Waals surface area contributed by atoms with Crippen LogP contribution in [0.2, 0.25) is 0 Å². The van der Waals surface area contributed by atoms with E-state index >= 15 is 0 Å². The van der Waals surface area contributed by atoms with Gasteiger partial charge < -0.3 is 5.32 Å². The number of nitrogens with one attached hydrogen (secondary N) is 2. The highest BCUT2D eigenvalue weighted by Crippen LogP contribution is 2.13. The fourth-order valence-electron chi connectivity index (χ4n) is 1.55. The molecular formula is C12H22N2O2S2. The molecule has 0 unspecified atom stereocenters. The number of hydrogen-bond acceptors (Lipinski definition) is 4. The Labute approximate surface area is 114 Å². The summed E-state index contributed by atoms with van der Waals surface area (Å²) in [5.41, 5.74) is 2.21. The molecule has 0 radical (unpaired) electrons. The SMILES string of the molecule is CCNCCCCS(=O)(=O)NCc1cscc1C. The fraction of sp³-hybridized carbons (Fsp3) is 0.667. The first kappa shape index (κ1) is 15.6. The molecular weight excluding hydrogens is 268 g/mol. The summed E-state index contributed by atoms with van der Waals surface area (Å²) < 4.78 is 26.1. The molecule has 0 aliphatic carbocycles. The first-order chi connectivity index (χ1) is 8.55. The van der Waals surface area contributed by atoms with Crippen molar-refractivity contribution in [1.29, 1.82) is 0 Å². The number of aryl methyl sites for hydroxylation is 1. The van der Waals surface area contributed by atoms with Crippen LogP contribution in [-0.2, 0) is 16.6 Å². The van der Waals surface area contributed by atoms with Crippen molar-refractivity contribution < 1.29 is 8.42 Å². The van der Waals surface area contributed by atoms with E-state index in [1.807, 2.05) is 24.6 Å². The van der Waals surface area contributed by atoms with E-state index in [9.17, 15) is 8.42 Å². The Morgan fingerprint density at radius 1 is 1.28 bits per heavy atom. The van der Waals surface area contributed by atoms with Crippen molar-refractivity contribution >= 4 is 21.4 Å². The lowest BCUT2D eigenvalue weighted by Crippen LogP contribution is -2.26. The van der Waals surface area contributed by atoms with Gasteiger partial charge in [0.2, 0.25) is 10.0 Å². The van der Waals surface area contributed by atoms with Crippen LogP contribution in [0.3, 0.4) is 0 Å². The Kier molecular flexibility index (Phi) is 6.85. The van der Waals surface area contributed by atoms with Gasteiger partial charge in [-0.2, -0.15) is 11.3 Å². The predicted molar refractivity (Wildman–Crippen MR) is 77.5 cm³/mol. The fourth-order valence-corrected chi connectivity index (χ4v) is 3.51. The molecule has 0 aliphatic heterocycles. The second-order valence-electron chi connectivity index (χ2n) is 4.28. The Bertz CT molecular complexity index is 441. The van der Waals surface area contributed by atoms with Gasteiger partial charge in [0, 0.05) is 6.54 Å². The van der Waals surface area contributed by atoms with Crippen LogP contribution in [-0.4, -0.2) is 27.3 Å². The lowest BCUT2D eigenvalue weighted by Gasteiger charge is -2.06. The van der Waals surface area contributed by atoms with Crippen LogP contribution in [0.25, 0.3) is 0 Å². The molecule has 6 heteroatoms. The maximum absolute atomic E-state index is 11.7. The van der Waals surface area contributed by atoms with E-state index < -0.39 is 10.0 Å². The van der Waals surface area contributed by atoms with E-state index in [-0.39, 0.29) is 5.75 Å². The van der Waals surface area contributed by atoms with Crippen LogP contribution in [0.15, 0.2) is 10.8 Å². The van der Waals surface area contributed by atoms with Crippen LogP contribution in [0.4, 0.5) is 0 Å². The molecule has 0 bridgehead atoms. The second-order valence-corrected chi connectivity index (χ2v) is 6.95. The van der Waals surface area contributed by atoms with Crippen LogP contribution in [0, 0.1) is 6.92 Å². The van der Waals surface area contributed by atoms with Gasteiger partial charge in [0.15, 0.2) is 0 Å². The molecule has 0 saturated heterocycles. The second kappa shape index (κ2) is 7.89. The molecule has 0 saturated carbocycles. The van der Waals surface area contributed by atoms with Gasteiger partial charge in [-0.25, -0.2) is 13.1 Å². The van der Waals surface area contributed by atoms with Gasteiger partial charge in [-0.1, -0.05) is 6.92 Å². The number of sulfonamides is 1. The molecule has 104 valence electrons. The van der Waals surface area contributed by atoms with Gasteiger partial charge in [0.25, 0.3) is 0 Å². The van der Waals surface area contributed by atoms with E-state index in [0.717, 1.165) is 30.6 Å². The van der Waals surface area contributed by atoms with Gasteiger partial charge in [0.05, 0.1) is 5.75 Å². The number of thiophene rings is 1. The molecule has 1 heterocycles. The molecule has 1 aromatic heterocycles. The van der Waals surface area contributed by atoms with E-state index in [1.54, 1.807) is 11.3 Å². The van der Waals surface area contributed by atoms with Crippen molar-refractivity contribution in [3.8, 4) is 0 Å². The average Bonchev–Trinajstić information content (AvgIpc) is 2.72. The van der Waals surface area contributed by atoms with Crippen molar-refractivity contribution in [3.05, 3.63) is 21.9 Å². The highest BCUT2D eigenvalue weighted by atomic mass is 32.2. The van der Waals surface area contributed by atoms with Crippen molar-refractivity contribution in [2.75, 3.05) is 18.8 Å². The maximum Gasteiger partial charge on any atom is 0.211 e. The third-order valence-electron chi connectivity index (χ3n) is 2.71. The summed E-state index contributed by atoms with van der Waals surface area (Å²) in [6.07, 6.45) is 1.59. The Balaban J connectivity index is 2.25. The highest BCUT2D eigenvalue weighted by molar-refractivity contribution is 7.89. The summed E-state index contributed by atoms with van der Waals surface area (Å²) >= 11 is 1.60. The van der Waals surface area contributed by atoms with Crippen LogP contribution in [0.5, 0.6) is 0 Å². The molecule has 0 fully saturated rings. The lowest BCUT2D eigenvalue weighted by molar-refractivity contribution is 0.574. The maximum atomic E-state index is 11.7. The quantitative estimate of drug-likeness (QED) is 0.683. The minimum absolute atomic E-state index is 0.210. The topological polar surface area (TPSA) is 58.2 Å². The largest absolute Gasteiger partial charge is 0.317 e. The summed E-state index contributed by atoms with van der Waals surface area (Å²) in [6, 6.07) is 0. The van der Waals surface area contributed by atoms with Gasteiger partial charge >= 0.3 is 0 Å². The highest BCUT2D eigenvalue weighted by Gasteiger charge is 2.10. The standard InChI is InChI=1S/C12H22N2O2S2/c1-3-13-6-4-5-7-18(15,16)14-8-12-10-17-9-11(12)2/h9-10,13-14H,3-8H2,1-2H3. The normalized spacial score (nSPS) is 11.9. The zero-order chi connectivity index (χ0) is 13.4. The molecule has 0 atom stereocenters. The van der Waals surface area contributed by atoms with E-state index in [1.165, 1.54) is 0 Å². The molecule has 18 heavy (non-hydrogen) atoms. The van der Waals surface area contributed by atoms with Gasteiger partial charge in [-0.3, -0.25) is 0 Å². The summed E-state index contributed by atoms with van der Waals surface area (Å²) in [5.74, 6) is 0.210. The van der Waals surface area contributed by atoms with Crippen LogP contribution in [0.1, 0.15) is 30.9 Å². The zero-order valence-corrected chi connectivity index (χ0v) is 12.7.